The summed E-state index contributed by atoms with van der Waals surface area (Å²) in [6, 6.07) is 10.1. The second-order valence-corrected chi connectivity index (χ2v) is 6.65. The number of hydrogen-bond acceptors (Lipinski definition) is 5. The average molecular weight is 368 g/mol. The van der Waals surface area contributed by atoms with E-state index in [1.54, 1.807) is 37.4 Å². The summed E-state index contributed by atoms with van der Waals surface area (Å²) < 4.78 is 33.6. The summed E-state index contributed by atoms with van der Waals surface area (Å²) in [4.78, 5) is 0.197. The van der Waals surface area contributed by atoms with Gasteiger partial charge < -0.3 is 4.42 Å². The molecular weight excluding hydrogens is 358 g/mol. The molecule has 1 aliphatic heterocycles. The molecule has 0 N–H and O–H groups in total. The number of nitrogens with zero attached hydrogens (tertiary/aromatic N) is 3. The van der Waals surface area contributed by atoms with E-state index in [0.717, 1.165) is 0 Å². The molecule has 8 heteroatoms. The van der Waals surface area contributed by atoms with Crippen LogP contribution in [0, 0.1) is 0 Å². The third-order valence-corrected chi connectivity index (χ3v) is 4.62. The Kier molecular flexibility index (Phi) is 3.42. The van der Waals surface area contributed by atoms with Crippen molar-refractivity contribution < 1.29 is 12.8 Å². The molecule has 0 saturated heterocycles. The van der Waals surface area contributed by atoms with Gasteiger partial charge in [-0.15, -0.1) is 4.40 Å². The molecule has 6 nitrogen and oxygen atoms in total. The first-order chi connectivity index (χ1) is 9.97. The number of benzene rings is 1. The lowest BCUT2D eigenvalue weighted by Gasteiger charge is -2.11. The van der Waals surface area contributed by atoms with Gasteiger partial charge in [0.1, 0.15) is 10.7 Å². The van der Waals surface area contributed by atoms with Gasteiger partial charge in [-0.3, -0.25) is 0 Å². The van der Waals surface area contributed by atoms with E-state index in [2.05, 4.69) is 25.4 Å². The minimum atomic E-state index is -3.64. The predicted molar refractivity (Wildman–Crippen MR) is 81.9 cm³/mol. The van der Waals surface area contributed by atoms with Gasteiger partial charge in [0.2, 0.25) is 0 Å². The smallest absolute Gasteiger partial charge is 0.285 e. The molecule has 1 aliphatic rings. The molecule has 0 saturated carbocycles. The zero-order valence-corrected chi connectivity index (χ0v) is 13.3. The fraction of sp³-hybridized carbons (Fsp3) is 0.0769. The monoisotopic (exact) mass is 367 g/mol. The van der Waals surface area contributed by atoms with E-state index in [9.17, 15) is 8.42 Å². The van der Waals surface area contributed by atoms with Crippen LogP contribution in [0.1, 0.15) is 11.3 Å². The van der Waals surface area contributed by atoms with Crippen LogP contribution in [0.5, 0.6) is 0 Å². The molecule has 0 unspecified atom stereocenters. The van der Waals surface area contributed by atoms with Gasteiger partial charge in [-0.2, -0.15) is 13.5 Å². The number of amidine groups is 1. The predicted octanol–water partition coefficient (Wildman–Crippen LogP) is 2.46. The maximum atomic E-state index is 12.0. The van der Waals surface area contributed by atoms with Crippen LogP contribution in [0.3, 0.4) is 0 Å². The largest absolute Gasteiger partial charge is 0.448 e. The maximum Gasteiger partial charge on any atom is 0.285 e. The zero-order valence-electron chi connectivity index (χ0n) is 10.9. The lowest BCUT2D eigenvalue weighted by Crippen LogP contribution is -2.21. The topological polar surface area (TPSA) is 75.2 Å². The molecule has 3 rings (SSSR count). The standard InChI is InChI=1S/C13H10BrN3O3S/c1-17(15-8-9-6-7-12(14)20-9)13-10-4-2-3-5-11(10)21(18,19)16-13/h2-8H,1H3/b15-8+. The summed E-state index contributed by atoms with van der Waals surface area (Å²) in [7, 11) is -2.01. The number of halogens is 1. The number of furan rings is 1. The Balaban J connectivity index is 1.93. The third kappa shape index (κ3) is 2.64. The van der Waals surface area contributed by atoms with Crippen LogP contribution in [0.15, 0.2) is 59.9 Å². The molecule has 0 atom stereocenters. The highest BCUT2D eigenvalue weighted by atomic mass is 79.9. The summed E-state index contributed by atoms with van der Waals surface area (Å²) in [5.41, 5.74) is 0.540. The Bertz CT molecular complexity index is 855. The van der Waals surface area contributed by atoms with E-state index in [0.29, 0.717) is 16.0 Å². The van der Waals surface area contributed by atoms with Crippen molar-refractivity contribution in [3.8, 4) is 0 Å². The minimum Gasteiger partial charge on any atom is -0.448 e. The third-order valence-electron chi connectivity index (χ3n) is 2.87. The molecule has 0 aliphatic carbocycles. The Morgan fingerprint density at radius 2 is 2.05 bits per heavy atom. The van der Waals surface area contributed by atoms with Crippen LogP contribution in [0.4, 0.5) is 0 Å². The van der Waals surface area contributed by atoms with Crippen molar-refractivity contribution in [2.45, 2.75) is 4.90 Å². The minimum absolute atomic E-state index is 0.197. The number of hydrazone groups is 1. The first-order valence-electron chi connectivity index (χ1n) is 5.95. The van der Waals surface area contributed by atoms with Gasteiger partial charge in [0.25, 0.3) is 10.0 Å². The van der Waals surface area contributed by atoms with Crippen LogP contribution in [-0.4, -0.2) is 32.5 Å². The highest BCUT2D eigenvalue weighted by Gasteiger charge is 2.30. The molecule has 0 amide bonds. The van der Waals surface area contributed by atoms with Gasteiger partial charge >= 0.3 is 0 Å². The van der Waals surface area contributed by atoms with E-state index < -0.39 is 10.0 Å². The van der Waals surface area contributed by atoms with Gasteiger partial charge in [0.05, 0.1) is 6.21 Å². The first-order valence-corrected chi connectivity index (χ1v) is 8.18. The molecular formula is C13H10BrN3O3S. The van der Waals surface area contributed by atoms with Crippen molar-refractivity contribution >= 4 is 38.0 Å². The van der Waals surface area contributed by atoms with E-state index in [-0.39, 0.29) is 10.7 Å². The second kappa shape index (κ2) is 5.12. The van der Waals surface area contributed by atoms with Crippen molar-refractivity contribution in [2.75, 3.05) is 7.05 Å². The Morgan fingerprint density at radius 1 is 1.29 bits per heavy atom. The summed E-state index contributed by atoms with van der Waals surface area (Å²) in [5.74, 6) is 0.830. The molecule has 108 valence electrons. The fourth-order valence-corrected chi connectivity index (χ4v) is 3.47. The molecule has 1 aromatic heterocycles. The molecule has 2 heterocycles. The first kappa shape index (κ1) is 14.0. The van der Waals surface area contributed by atoms with E-state index in [1.807, 2.05) is 0 Å². The van der Waals surface area contributed by atoms with Crippen LogP contribution in [0.25, 0.3) is 0 Å². The molecule has 21 heavy (non-hydrogen) atoms. The van der Waals surface area contributed by atoms with E-state index >= 15 is 0 Å². The quantitative estimate of drug-likeness (QED) is 0.603. The van der Waals surface area contributed by atoms with Crippen LogP contribution < -0.4 is 0 Å². The Hall–Kier alpha value is -1.93. The normalized spacial score (nSPS) is 16.0. The van der Waals surface area contributed by atoms with Gasteiger partial charge in [-0.05, 0) is 40.2 Å². The zero-order chi connectivity index (χ0) is 15.0. The highest BCUT2D eigenvalue weighted by Crippen LogP contribution is 2.27. The summed E-state index contributed by atoms with van der Waals surface area (Å²) in [6.07, 6.45) is 1.49. The summed E-state index contributed by atoms with van der Waals surface area (Å²) in [6.45, 7) is 0. The number of fused-ring (bicyclic) bond motifs is 1. The SMILES string of the molecule is CN(/N=C/c1ccc(Br)o1)C1=NS(=O)(=O)c2ccccc21. The summed E-state index contributed by atoms with van der Waals surface area (Å²) in [5, 5.41) is 5.56. The van der Waals surface area contributed by atoms with E-state index in [4.69, 9.17) is 4.42 Å². The van der Waals surface area contributed by atoms with Gasteiger partial charge in [0.15, 0.2) is 10.5 Å². The van der Waals surface area contributed by atoms with E-state index in [1.165, 1.54) is 17.3 Å². The van der Waals surface area contributed by atoms with Gasteiger partial charge in [-0.1, -0.05) is 12.1 Å². The fourth-order valence-electron chi connectivity index (χ4n) is 1.92. The molecule has 0 bridgehead atoms. The highest BCUT2D eigenvalue weighted by molar-refractivity contribution is 9.10. The molecule has 0 spiro atoms. The van der Waals surface area contributed by atoms with Crippen molar-refractivity contribution in [2.24, 2.45) is 9.50 Å². The van der Waals surface area contributed by atoms with Crippen LogP contribution >= 0.6 is 15.9 Å². The van der Waals surface area contributed by atoms with Crippen LogP contribution in [0.2, 0.25) is 0 Å². The average Bonchev–Trinajstić information content (AvgIpc) is 2.99. The van der Waals surface area contributed by atoms with Crippen molar-refractivity contribution in [3.05, 3.63) is 52.4 Å². The van der Waals surface area contributed by atoms with Gasteiger partial charge in [-0.25, -0.2) is 5.01 Å². The molecule has 2 aromatic rings. The molecule has 1 aromatic carbocycles. The van der Waals surface area contributed by atoms with Crippen LogP contribution in [-0.2, 0) is 10.0 Å². The number of rotatable bonds is 2. The number of sulfonamides is 1. The lowest BCUT2D eigenvalue weighted by atomic mass is 10.2. The molecule has 0 fully saturated rings. The van der Waals surface area contributed by atoms with Crippen molar-refractivity contribution in [1.82, 2.24) is 5.01 Å². The van der Waals surface area contributed by atoms with Crippen molar-refractivity contribution in [1.29, 1.82) is 0 Å². The molecule has 0 radical (unpaired) electrons. The Labute approximate surface area is 130 Å². The van der Waals surface area contributed by atoms with Gasteiger partial charge in [0, 0.05) is 12.6 Å². The van der Waals surface area contributed by atoms with Crippen molar-refractivity contribution in [3.63, 3.8) is 0 Å². The second-order valence-electron chi connectivity index (χ2n) is 4.30. The lowest BCUT2D eigenvalue weighted by molar-refractivity contribution is 0.521. The maximum absolute atomic E-state index is 12.0. The number of hydrogen-bond donors (Lipinski definition) is 0. The summed E-state index contributed by atoms with van der Waals surface area (Å²) >= 11 is 3.20. The Morgan fingerprint density at radius 3 is 2.76 bits per heavy atom.